The molecule has 0 aliphatic carbocycles. The van der Waals surface area contributed by atoms with Crippen LogP contribution in [0, 0.1) is 17.0 Å². The molecule has 0 bridgehead atoms. The van der Waals surface area contributed by atoms with E-state index in [1.54, 1.807) is 37.2 Å². The van der Waals surface area contributed by atoms with Crippen molar-refractivity contribution in [3.63, 3.8) is 0 Å². The summed E-state index contributed by atoms with van der Waals surface area (Å²) in [4.78, 5) is 20.0. The average Bonchev–Trinajstić information content (AvgIpc) is 3.22. The maximum atomic E-state index is 13.1. The number of sulfonamides is 1. The second-order valence-corrected chi connectivity index (χ2v) is 8.49. The predicted molar refractivity (Wildman–Crippen MR) is 102 cm³/mol. The summed E-state index contributed by atoms with van der Waals surface area (Å²) in [5.41, 5.74) is 0.811. The molecule has 1 N–H and O–H groups in total. The van der Waals surface area contributed by atoms with Gasteiger partial charge in [0.1, 0.15) is 16.2 Å². The van der Waals surface area contributed by atoms with Crippen LogP contribution in [0.4, 0.5) is 11.5 Å². The summed E-state index contributed by atoms with van der Waals surface area (Å²) >= 11 is 0. The molecule has 0 aromatic carbocycles. The Morgan fingerprint density at radius 1 is 1.25 bits per heavy atom. The molecule has 0 amide bonds. The second kappa shape index (κ2) is 6.56. The van der Waals surface area contributed by atoms with Gasteiger partial charge >= 0.3 is 5.69 Å². The van der Waals surface area contributed by atoms with Gasteiger partial charge in [0.05, 0.1) is 4.92 Å². The van der Waals surface area contributed by atoms with Gasteiger partial charge in [-0.1, -0.05) is 0 Å². The third kappa shape index (κ3) is 2.81. The van der Waals surface area contributed by atoms with Crippen LogP contribution < -0.4 is 4.90 Å². The van der Waals surface area contributed by atoms with Crippen molar-refractivity contribution in [3.8, 4) is 0 Å². The van der Waals surface area contributed by atoms with Crippen LogP contribution in [0.3, 0.4) is 0 Å². The Bertz CT molecular complexity index is 1160. The molecule has 28 heavy (non-hydrogen) atoms. The Kier molecular flexibility index (Phi) is 4.31. The van der Waals surface area contributed by atoms with E-state index < -0.39 is 14.9 Å². The maximum Gasteiger partial charge on any atom is 0.333 e. The van der Waals surface area contributed by atoms with E-state index in [9.17, 15) is 18.5 Å². The van der Waals surface area contributed by atoms with E-state index in [0.29, 0.717) is 35.6 Å². The van der Waals surface area contributed by atoms with Gasteiger partial charge in [0.2, 0.25) is 15.8 Å². The third-order valence-electron chi connectivity index (χ3n) is 4.91. The molecule has 0 atom stereocenters. The fourth-order valence-electron chi connectivity index (χ4n) is 3.63. The molecule has 3 aromatic rings. The van der Waals surface area contributed by atoms with Gasteiger partial charge in [-0.15, -0.1) is 0 Å². The fraction of sp³-hybridized carbons (Fsp3) is 0.375. The number of rotatable bonds is 4. The SMILES string of the molecule is Cc1nn(C)c(N2CCN(S(=O)(=O)c3c[nH]c4ncccc34)CC2)c1[N+](=O)[O-]. The topological polar surface area (TPSA) is 130 Å². The molecule has 4 rings (SSSR count). The van der Waals surface area contributed by atoms with Gasteiger partial charge in [-0.05, 0) is 19.1 Å². The third-order valence-corrected chi connectivity index (χ3v) is 6.85. The average molecular weight is 405 g/mol. The number of aromatic amines is 1. The minimum atomic E-state index is -3.70. The zero-order valence-electron chi connectivity index (χ0n) is 15.4. The summed E-state index contributed by atoms with van der Waals surface area (Å²) in [6.07, 6.45) is 3.05. The van der Waals surface area contributed by atoms with E-state index >= 15 is 0 Å². The minimum Gasteiger partial charge on any atom is -0.348 e. The predicted octanol–water partition coefficient (Wildman–Crippen LogP) is 1.02. The Morgan fingerprint density at radius 3 is 2.64 bits per heavy atom. The van der Waals surface area contributed by atoms with Crippen LogP contribution in [0.15, 0.2) is 29.4 Å². The van der Waals surface area contributed by atoms with Crippen molar-refractivity contribution < 1.29 is 13.3 Å². The molecule has 3 aromatic heterocycles. The number of hydrogen-bond donors (Lipinski definition) is 1. The molecule has 0 saturated carbocycles. The summed E-state index contributed by atoms with van der Waals surface area (Å²) in [6.45, 7) is 2.69. The van der Waals surface area contributed by atoms with Crippen LogP contribution in [-0.2, 0) is 17.1 Å². The van der Waals surface area contributed by atoms with Gasteiger partial charge in [0.25, 0.3) is 0 Å². The van der Waals surface area contributed by atoms with E-state index in [-0.39, 0.29) is 23.7 Å². The highest BCUT2D eigenvalue weighted by Gasteiger charge is 2.34. The highest BCUT2D eigenvalue weighted by Crippen LogP contribution is 2.32. The first-order chi connectivity index (χ1) is 13.3. The molecular weight excluding hydrogens is 386 g/mol. The normalized spacial score (nSPS) is 16.0. The molecule has 0 unspecified atom stereocenters. The van der Waals surface area contributed by atoms with Crippen molar-refractivity contribution in [2.45, 2.75) is 11.8 Å². The van der Waals surface area contributed by atoms with Crippen LogP contribution >= 0.6 is 0 Å². The lowest BCUT2D eigenvalue weighted by Gasteiger charge is -2.34. The summed E-state index contributed by atoms with van der Waals surface area (Å²) in [5.74, 6) is 0.399. The van der Waals surface area contributed by atoms with Crippen molar-refractivity contribution in [1.29, 1.82) is 0 Å². The number of aryl methyl sites for hydroxylation is 2. The molecule has 12 heteroatoms. The van der Waals surface area contributed by atoms with Gasteiger partial charge in [-0.25, -0.2) is 18.1 Å². The number of nitrogens with zero attached hydrogens (tertiary/aromatic N) is 6. The highest BCUT2D eigenvalue weighted by atomic mass is 32.2. The number of H-pyrrole nitrogens is 1. The number of pyridine rings is 1. The standard InChI is InChI=1S/C16H19N7O4S/c1-11-14(23(24)25)16(20(2)19-11)21-6-8-22(9-7-21)28(26,27)13-10-18-15-12(13)4-3-5-17-15/h3-5,10H,6-9H2,1-2H3,(H,17,18). The van der Waals surface area contributed by atoms with Crippen LogP contribution in [0.1, 0.15) is 5.69 Å². The van der Waals surface area contributed by atoms with Gasteiger partial charge < -0.3 is 9.88 Å². The Balaban J connectivity index is 1.59. The van der Waals surface area contributed by atoms with Crippen LogP contribution in [0.2, 0.25) is 0 Å². The Morgan fingerprint density at radius 2 is 1.96 bits per heavy atom. The molecule has 1 aliphatic rings. The molecule has 1 fully saturated rings. The van der Waals surface area contributed by atoms with E-state index in [1.165, 1.54) is 15.2 Å². The van der Waals surface area contributed by atoms with Crippen LogP contribution in [-0.4, -0.2) is 63.6 Å². The summed E-state index contributed by atoms with van der Waals surface area (Å²) in [5, 5.41) is 16.1. The number of nitrogens with one attached hydrogen (secondary N) is 1. The lowest BCUT2D eigenvalue weighted by atomic mass is 10.3. The van der Waals surface area contributed by atoms with E-state index in [4.69, 9.17) is 0 Å². The van der Waals surface area contributed by atoms with Gasteiger partial charge in [0, 0.05) is 51.0 Å². The molecule has 148 valence electrons. The lowest BCUT2D eigenvalue weighted by Crippen LogP contribution is -2.49. The zero-order chi connectivity index (χ0) is 20.1. The number of hydrogen-bond acceptors (Lipinski definition) is 7. The first-order valence-electron chi connectivity index (χ1n) is 8.66. The molecule has 0 spiro atoms. The minimum absolute atomic E-state index is 0.0403. The molecule has 1 aliphatic heterocycles. The van der Waals surface area contributed by atoms with Crippen LogP contribution in [0.25, 0.3) is 11.0 Å². The fourth-order valence-corrected chi connectivity index (χ4v) is 5.20. The summed E-state index contributed by atoms with van der Waals surface area (Å²) in [7, 11) is -2.05. The van der Waals surface area contributed by atoms with E-state index in [1.807, 2.05) is 0 Å². The number of piperazine rings is 1. The monoisotopic (exact) mass is 405 g/mol. The van der Waals surface area contributed by atoms with Gasteiger partial charge in [-0.2, -0.15) is 9.40 Å². The quantitative estimate of drug-likeness (QED) is 0.506. The van der Waals surface area contributed by atoms with Crippen molar-refractivity contribution in [1.82, 2.24) is 24.1 Å². The number of fused-ring (bicyclic) bond motifs is 1. The molecule has 0 radical (unpaired) electrons. The molecule has 1 saturated heterocycles. The van der Waals surface area contributed by atoms with Crippen molar-refractivity contribution in [3.05, 3.63) is 40.3 Å². The first-order valence-corrected chi connectivity index (χ1v) is 10.1. The van der Waals surface area contributed by atoms with Crippen molar-refractivity contribution in [2.24, 2.45) is 7.05 Å². The molecule has 4 heterocycles. The Hall–Kier alpha value is -2.99. The van der Waals surface area contributed by atoms with Gasteiger partial charge in [0.15, 0.2) is 0 Å². The van der Waals surface area contributed by atoms with Crippen molar-refractivity contribution >= 4 is 32.6 Å². The maximum absolute atomic E-state index is 13.1. The molecule has 11 nitrogen and oxygen atoms in total. The lowest BCUT2D eigenvalue weighted by molar-refractivity contribution is -0.384. The first kappa shape index (κ1) is 18.4. The zero-order valence-corrected chi connectivity index (χ0v) is 16.2. The summed E-state index contributed by atoms with van der Waals surface area (Å²) in [6, 6.07) is 3.40. The van der Waals surface area contributed by atoms with Gasteiger partial charge in [-0.3, -0.25) is 10.1 Å². The second-order valence-electron chi connectivity index (χ2n) is 6.58. The number of aromatic nitrogens is 4. The highest BCUT2D eigenvalue weighted by molar-refractivity contribution is 7.89. The van der Waals surface area contributed by atoms with E-state index in [0.717, 1.165) is 0 Å². The summed E-state index contributed by atoms with van der Waals surface area (Å²) < 4.78 is 29.0. The number of nitro groups is 1. The van der Waals surface area contributed by atoms with Crippen LogP contribution in [0.5, 0.6) is 0 Å². The number of anilines is 1. The smallest absolute Gasteiger partial charge is 0.333 e. The molecular formula is C16H19N7O4S. The largest absolute Gasteiger partial charge is 0.348 e. The Labute approximate surface area is 160 Å². The van der Waals surface area contributed by atoms with Crippen molar-refractivity contribution in [2.75, 3.05) is 31.1 Å². The van der Waals surface area contributed by atoms with E-state index in [2.05, 4.69) is 15.1 Å².